The van der Waals surface area contributed by atoms with Crippen LogP contribution in [0.2, 0.25) is 5.02 Å². The molecule has 2 atom stereocenters. The number of amides is 2. The average molecular weight is 709 g/mol. The molecule has 0 radical (unpaired) electrons. The number of nitrogens with zero attached hydrogens (tertiary/aromatic N) is 2. The molecule has 3 aliphatic heterocycles. The summed E-state index contributed by atoms with van der Waals surface area (Å²) in [6, 6.07) is 2.39. The molecule has 0 bridgehead atoms. The van der Waals surface area contributed by atoms with E-state index in [9.17, 15) is 27.6 Å². The third-order valence-corrected chi connectivity index (χ3v) is 11.1. The first-order valence-corrected chi connectivity index (χ1v) is 17.6. The minimum Gasteiger partial charge on any atom is -0.452 e. The van der Waals surface area contributed by atoms with E-state index in [1.807, 2.05) is 18.2 Å². The molecule has 2 amide bonds. The van der Waals surface area contributed by atoms with Crippen LogP contribution in [0.1, 0.15) is 68.9 Å². The number of alkyl carbamates (subject to hydrolysis) is 1. The molecule has 2 aliphatic carbocycles. The zero-order valence-electron chi connectivity index (χ0n) is 27.4. The van der Waals surface area contributed by atoms with Crippen LogP contribution in [-0.2, 0) is 36.4 Å². The summed E-state index contributed by atoms with van der Waals surface area (Å²) in [5.41, 5.74) is 4.48. The summed E-state index contributed by atoms with van der Waals surface area (Å²) in [6.45, 7) is 3.90. The summed E-state index contributed by atoms with van der Waals surface area (Å²) in [7, 11) is 0. The van der Waals surface area contributed by atoms with E-state index < -0.39 is 47.1 Å². The number of hydrogen-bond acceptors (Lipinski definition) is 8. The highest BCUT2D eigenvalue weighted by Gasteiger charge is 2.48. The molecule has 5 aliphatic rings. The molecule has 1 aromatic carbocycles. The maximum absolute atomic E-state index is 13.9. The fourth-order valence-electron chi connectivity index (χ4n) is 8.02. The van der Waals surface area contributed by atoms with Crippen LogP contribution in [0.15, 0.2) is 35.9 Å². The van der Waals surface area contributed by atoms with Crippen LogP contribution < -0.4 is 11.1 Å². The number of allylic oxidation sites excluding steroid dienone is 2. The van der Waals surface area contributed by atoms with Gasteiger partial charge in [-0.15, -0.1) is 0 Å². The molecule has 1 unspecified atom stereocenters. The highest BCUT2D eigenvalue weighted by molar-refractivity contribution is 6.33. The largest absolute Gasteiger partial charge is 0.452 e. The van der Waals surface area contributed by atoms with Crippen molar-refractivity contribution in [1.82, 2.24) is 15.1 Å². The first-order valence-electron chi connectivity index (χ1n) is 17.2. The summed E-state index contributed by atoms with van der Waals surface area (Å²) < 4.78 is 58.3. The van der Waals surface area contributed by atoms with E-state index in [1.165, 1.54) is 6.07 Å². The molecule has 10 nitrogen and oxygen atoms in total. The number of halogens is 4. The summed E-state index contributed by atoms with van der Waals surface area (Å²) in [6.07, 6.45) is 4.84. The Morgan fingerprint density at radius 3 is 2.51 bits per heavy atom. The van der Waals surface area contributed by atoms with Gasteiger partial charge in [-0.05, 0) is 80.6 Å². The number of anilines is 1. The van der Waals surface area contributed by atoms with Crippen LogP contribution in [0.25, 0.3) is 0 Å². The Bertz CT molecular complexity index is 1460. The molecule has 4 fully saturated rings. The first-order chi connectivity index (χ1) is 23.4. The number of nitrogen functional groups attached to an aromatic ring is 1. The summed E-state index contributed by atoms with van der Waals surface area (Å²) in [5, 5.41) is 2.61. The number of morpholine rings is 1. The molecule has 1 saturated carbocycles. The standard InChI is InChI=1S/C35H44ClF3N4O6/c36-27-20-23(19-26(31(27)40)35(37,38)39)21-29(32(45)43-13-9-24(10-14-43)42-15-17-47-18-16-42)48-30(44)6-5-22-7-11-34(12-8-22)25-3-1-2-4-28(25)41-33(46)49-34/h1-3,19-20,22,24,28-29H,4-18,21,40H2,(H,41,46)/t22?,28?,29-,34?/m1/s1. The fourth-order valence-corrected chi connectivity index (χ4v) is 8.27. The molecular formula is C35H44ClF3N4O6. The number of ether oxygens (including phenoxy) is 3. The van der Waals surface area contributed by atoms with Gasteiger partial charge in [-0.2, -0.15) is 13.2 Å². The molecule has 49 heavy (non-hydrogen) atoms. The number of benzene rings is 1. The Morgan fingerprint density at radius 2 is 1.82 bits per heavy atom. The van der Waals surface area contributed by atoms with Gasteiger partial charge in [-0.1, -0.05) is 29.8 Å². The minimum absolute atomic E-state index is 0.0479. The fraction of sp³-hybridized carbons (Fsp3) is 0.629. The maximum Gasteiger partial charge on any atom is 0.418 e. The number of nitrogens with one attached hydrogen (secondary N) is 1. The number of esters is 1. The summed E-state index contributed by atoms with van der Waals surface area (Å²) >= 11 is 6.09. The second-order valence-corrected chi connectivity index (χ2v) is 14.2. The zero-order valence-corrected chi connectivity index (χ0v) is 28.2. The van der Waals surface area contributed by atoms with E-state index in [-0.39, 0.29) is 35.4 Å². The van der Waals surface area contributed by atoms with Crippen molar-refractivity contribution < 1.29 is 41.8 Å². The van der Waals surface area contributed by atoms with E-state index in [2.05, 4.69) is 10.2 Å². The van der Waals surface area contributed by atoms with Gasteiger partial charge in [0.25, 0.3) is 5.91 Å². The summed E-state index contributed by atoms with van der Waals surface area (Å²) in [4.78, 5) is 43.5. The quantitative estimate of drug-likeness (QED) is 0.271. The summed E-state index contributed by atoms with van der Waals surface area (Å²) in [5.74, 6) is -0.844. The Kier molecular flexibility index (Phi) is 10.8. The number of alkyl halides is 3. The number of likely N-dealkylation sites (tertiary alicyclic amines) is 1. The van der Waals surface area contributed by atoms with Crippen LogP contribution in [0.3, 0.4) is 0 Å². The number of carbonyl (C=O) groups excluding carboxylic acids is 3. The van der Waals surface area contributed by atoms with E-state index >= 15 is 0 Å². The molecule has 6 rings (SSSR count). The lowest BCUT2D eigenvalue weighted by Crippen LogP contribution is -2.56. The minimum atomic E-state index is -4.75. The monoisotopic (exact) mass is 708 g/mol. The van der Waals surface area contributed by atoms with Crippen molar-refractivity contribution in [2.75, 3.05) is 45.1 Å². The van der Waals surface area contributed by atoms with Crippen molar-refractivity contribution in [3.05, 3.63) is 52.1 Å². The van der Waals surface area contributed by atoms with E-state index in [0.717, 1.165) is 56.8 Å². The van der Waals surface area contributed by atoms with Crippen LogP contribution >= 0.6 is 11.6 Å². The highest BCUT2D eigenvalue weighted by atomic mass is 35.5. The Morgan fingerprint density at radius 1 is 1.10 bits per heavy atom. The van der Waals surface area contributed by atoms with Gasteiger partial charge in [0.2, 0.25) is 0 Å². The molecular weight excluding hydrogens is 665 g/mol. The van der Waals surface area contributed by atoms with Crippen molar-refractivity contribution >= 4 is 35.3 Å². The van der Waals surface area contributed by atoms with Crippen molar-refractivity contribution in [3.8, 4) is 0 Å². The van der Waals surface area contributed by atoms with Crippen LogP contribution in [0.5, 0.6) is 0 Å². The van der Waals surface area contributed by atoms with Gasteiger partial charge in [-0.25, -0.2) is 4.79 Å². The van der Waals surface area contributed by atoms with Gasteiger partial charge >= 0.3 is 18.2 Å². The van der Waals surface area contributed by atoms with Crippen LogP contribution in [-0.4, -0.2) is 91.0 Å². The van der Waals surface area contributed by atoms with Crippen molar-refractivity contribution in [2.24, 2.45) is 5.92 Å². The van der Waals surface area contributed by atoms with Crippen LogP contribution in [0, 0.1) is 5.92 Å². The Balaban J connectivity index is 1.09. The van der Waals surface area contributed by atoms with Gasteiger partial charge in [0.05, 0.1) is 35.5 Å². The van der Waals surface area contributed by atoms with Gasteiger partial charge in [-0.3, -0.25) is 14.5 Å². The lowest BCUT2D eigenvalue weighted by atomic mass is 9.70. The Hall–Kier alpha value is -3.29. The lowest BCUT2D eigenvalue weighted by molar-refractivity contribution is -0.161. The van der Waals surface area contributed by atoms with E-state index in [1.54, 1.807) is 4.90 Å². The second-order valence-electron chi connectivity index (χ2n) is 13.8. The predicted octanol–water partition coefficient (Wildman–Crippen LogP) is 5.42. The molecule has 3 N–H and O–H groups in total. The van der Waals surface area contributed by atoms with Crippen molar-refractivity contribution in [2.45, 2.75) is 94.2 Å². The van der Waals surface area contributed by atoms with Crippen LogP contribution in [0.4, 0.5) is 23.7 Å². The van der Waals surface area contributed by atoms with Gasteiger partial charge in [0, 0.05) is 45.1 Å². The third-order valence-electron chi connectivity index (χ3n) is 10.7. The number of piperidine rings is 1. The molecule has 268 valence electrons. The number of rotatable bonds is 8. The first kappa shape index (κ1) is 35.5. The molecule has 14 heteroatoms. The number of carbonyl (C=O) groups is 3. The van der Waals surface area contributed by atoms with Gasteiger partial charge in [0.1, 0.15) is 5.60 Å². The van der Waals surface area contributed by atoms with Crippen molar-refractivity contribution in [3.63, 3.8) is 0 Å². The third kappa shape index (κ3) is 8.20. The van der Waals surface area contributed by atoms with Gasteiger partial charge in [0.15, 0.2) is 6.10 Å². The lowest BCUT2D eigenvalue weighted by Gasteiger charge is -2.47. The van der Waals surface area contributed by atoms with Crippen molar-refractivity contribution in [1.29, 1.82) is 0 Å². The predicted molar refractivity (Wildman–Crippen MR) is 176 cm³/mol. The van der Waals surface area contributed by atoms with Gasteiger partial charge < -0.3 is 30.2 Å². The zero-order chi connectivity index (χ0) is 34.8. The highest BCUT2D eigenvalue weighted by Crippen LogP contribution is 2.45. The topological polar surface area (TPSA) is 123 Å². The van der Waals surface area contributed by atoms with E-state index in [4.69, 9.17) is 31.5 Å². The Labute approximate surface area is 289 Å². The maximum atomic E-state index is 13.9. The SMILES string of the molecule is Nc1c(Cl)cc(C[C@@H](OC(=O)CCC2CCC3(CC2)OC(=O)NC2CC=CC=C23)C(=O)N2CCC(N3CCOCC3)CC2)cc1C(F)(F)F. The molecule has 3 heterocycles. The number of fused-ring (bicyclic) bond motifs is 2. The smallest absolute Gasteiger partial charge is 0.418 e. The van der Waals surface area contributed by atoms with E-state index in [0.29, 0.717) is 51.6 Å². The molecule has 1 aromatic rings. The normalized spacial score (nSPS) is 27.1. The molecule has 1 spiro atoms. The number of hydrogen-bond donors (Lipinski definition) is 2. The molecule has 3 saturated heterocycles. The average Bonchev–Trinajstić information content (AvgIpc) is 3.09. The number of nitrogens with two attached hydrogens (primary N) is 1. The molecule has 0 aromatic heterocycles. The second kappa shape index (κ2) is 14.9.